The number of benzene rings is 7. The van der Waals surface area contributed by atoms with E-state index in [1.807, 2.05) is 60.7 Å². The molecule has 0 saturated carbocycles. The van der Waals surface area contributed by atoms with Crippen LogP contribution in [0.2, 0.25) is 0 Å². The SMILES string of the molecule is N#Cc1ccccc1-c1ccc(-c2ccc(-c3ccc(-c4nc(-c5ccccc5)cc(-c5ccccc5)n4)cc3)c3ccccc23)cc1. The molecule has 0 aliphatic heterocycles. The zero-order valence-electron chi connectivity index (χ0n) is 26.1. The first-order chi connectivity index (χ1) is 23.7. The van der Waals surface area contributed by atoms with Gasteiger partial charge in [0, 0.05) is 16.7 Å². The Morgan fingerprint density at radius 3 is 1.27 bits per heavy atom. The van der Waals surface area contributed by atoms with Crippen LogP contribution in [-0.4, -0.2) is 9.97 Å². The van der Waals surface area contributed by atoms with Gasteiger partial charge in [-0.1, -0.05) is 164 Å². The lowest BCUT2D eigenvalue weighted by atomic mass is 9.91. The minimum absolute atomic E-state index is 0.679. The third kappa shape index (κ3) is 5.53. The minimum Gasteiger partial charge on any atom is -0.228 e. The van der Waals surface area contributed by atoms with Gasteiger partial charge in [0.15, 0.2) is 5.82 Å². The summed E-state index contributed by atoms with van der Waals surface area (Å²) in [4.78, 5) is 10.0. The van der Waals surface area contributed by atoms with Gasteiger partial charge in [0.2, 0.25) is 0 Å². The van der Waals surface area contributed by atoms with Crippen molar-refractivity contribution in [1.29, 1.82) is 5.26 Å². The summed E-state index contributed by atoms with van der Waals surface area (Å²) in [6, 6.07) is 62.7. The Morgan fingerprint density at radius 2 is 0.771 bits per heavy atom. The van der Waals surface area contributed by atoms with Gasteiger partial charge < -0.3 is 0 Å². The number of hydrogen-bond donors (Lipinski definition) is 0. The first kappa shape index (κ1) is 28.8. The summed E-state index contributed by atoms with van der Waals surface area (Å²) in [7, 11) is 0. The van der Waals surface area contributed by atoms with Gasteiger partial charge >= 0.3 is 0 Å². The largest absolute Gasteiger partial charge is 0.228 e. The second-order valence-corrected chi connectivity index (χ2v) is 11.7. The smallest absolute Gasteiger partial charge is 0.160 e. The van der Waals surface area contributed by atoms with Crippen LogP contribution in [0.15, 0.2) is 176 Å². The average molecular weight is 612 g/mol. The van der Waals surface area contributed by atoms with E-state index in [1.54, 1.807) is 0 Å². The second-order valence-electron chi connectivity index (χ2n) is 11.7. The summed E-state index contributed by atoms with van der Waals surface area (Å²) < 4.78 is 0. The van der Waals surface area contributed by atoms with Crippen LogP contribution in [0, 0.1) is 11.3 Å². The molecule has 8 rings (SSSR count). The molecule has 0 N–H and O–H groups in total. The maximum absolute atomic E-state index is 9.58. The Labute approximate surface area is 280 Å². The molecular weight excluding hydrogens is 583 g/mol. The first-order valence-electron chi connectivity index (χ1n) is 16.0. The lowest BCUT2D eigenvalue weighted by Crippen LogP contribution is -1.96. The lowest BCUT2D eigenvalue weighted by molar-refractivity contribution is 1.18. The number of rotatable bonds is 6. The van der Waals surface area contributed by atoms with Crippen molar-refractivity contribution in [3.8, 4) is 73.4 Å². The van der Waals surface area contributed by atoms with E-state index < -0.39 is 0 Å². The molecule has 0 bridgehead atoms. The number of nitriles is 1. The van der Waals surface area contributed by atoms with Crippen molar-refractivity contribution < 1.29 is 0 Å². The molecule has 0 atom stereocenters. The second kappa shape index (κ2) is 12.6. The molecule has 3 heteroatoms. The standard InChI is InChI=1S/C45H29N3/c46-30-37-15-7-8-16-38(37)31-19-21-32(22-20-31)39-27-28-40(42-18-10-9-17-41(39)42)33-23-25-36(26-24-33)45-47-43(34-11-3-1-4-12-34)29-44(48-45)35-13-5-2-6-14-35/h1-29H. The average Bonchev–Trinajstić information content (AvgIpc) is 3.18. The Hall–Kier alpha value is -6.63. The Kier molecular flexibility index (Phi) is 7.59. The Balaban J connectivity index is 1.15. The van der Waals surface area contributed by atoms with Crippen LogP contribution in [0.1, 0.15) is 5.56 Å². The van der Waals surface area contributed by atoms with Crippen LogP contribution in [0.4, 0.5) is 0 Å². The molecule has 0 unspecified atom stereocenters. The van der Waals surface area contributed by atoms with E-state index in [4.69, 9.17) is 9.97 Å². The van der Waals surface area contributed by atoms with Crippen LogP contribution < -0.4 is 0 Å². The van der Waals surface area contributed by atoms with E-state index in [0.29, 0.717) is 11.4 Å². The molecule has 0 aliphatic carbocycles. The van der Waals surface area contributed by atoms with Gasteiger partial charge in [-0.15, -0.1) is 0 Å². The maximum atomic E-state index is 9.58. The van der Waals surface area contributed by atoms with E-state index in [9.17, 15) is 5.26 Å². The summed E-state index contributed by atoms with van der Waals surface area (Å²) in [5.74, 6) is 0.697. The normalized spacial score (nSPS) is 10.9. The zero-order chi connectivity index (χ0) is 32.3. The van der Waals surface area contributed by atoms with Gasteiger partial charge in [-0.3, -0.25) is 0 Å². The van der Waals surface area contributed by atoms with Crippen LogP contribution >= 0.6 is 0 Å². The van der Waals surface area contributed by atoms with Crippen molar-refractivity contribution in [3.63, 3.8) is 0 Å². The summed E-state index contributed by atoms with van der Waals surface area (Å²) in [5.41, 5.74) is 12.1. The highest BCUT2D eigenvalue weighted by Crippen LogP contribution is 2.37. The van der Waals surface area contributed by atoms with Gasteiger partial charge in [0.1, 0.15) is 0 Å². The van der Waals surface area contributed by atoms with Crippen molar-refractivity contribution in [3.05, 3.63) is 181 Å². The highest BCUT2D eigenvalue weighted by atomic mass is 14.9. The van der Waals surface area contributed by atoms with Crippen LogP contribution in [0.3, 0.4) is 0 Å². The molecule has 0 aliphatic rings. The molecule has 0 amide bonds. The topological polar surface area (TPSA) is 49.6 Å². The number of fused-ring (bicyclic) bond motifs is 1. The Morgan fingerprint density at radius 1 is 0.354 bits per heavy atom. The quantitative estimate of drug-likeness (QED) is 0.188. The van der Waals surface area contributed by atoms with E-state index in [2.05, 4.69) is 121 Å². The fourth-order valence-electron chi connectivity index (χ4n) is 6.35. The first-order valence-corrected chi connectivity index (χ1v) is 16.0. The van der Waals surface area contributed by atoms with Gasteiger partial charge in [0.25, 0.3) is 0 Å². The zero-order valence-corrected chi connectivity index (χ0v) is 26.1. The molecule has 3 nitrogen and oxygen atoms in total. The predicted octanol–water partition coefficient (Wildman–Crippen LogP) is 11.5. The molecule has 0 radical (unpaired) electrons. The third-order valence-electron chi connectivity index (χ3n) is 8.80. The van der Waals surface area contributed by atoms with Crippen LogP contribution in [0.5, 0.6) is 0 Å². The van der Waals surface area contributed by atoms with Crippen molar-refractivity contribution in [2.45, 2.75) is 0 Å². The van der Waals surface area contributed by atoms with Gasteiger partial charge in [-0.25, -0.2) is 9.97 Å². The summed E-state index contributed by atoms with van der Waals surface area (Å²) >= 11 is 0. The molecule has 1 aromatic heterocycles. The molecule has 224 valence electrons. The molecule has 7 aromatic carbocycles. The van der Waals surface area contributed by atoms with E-state index in [-0.39, 0.29) is 0 Å². The van der Waals surface area contributed by atoms with Crippen molar-refractivity contribution in [2.24, 2.45) is 0 Å². The van der Waals surface area contributed by atoms with Gasteiger partial charge in [-0.2, -0.15) is 5.26 Å². The van der Waals surface area contributed by atoms with Crippen molar-refractivity contribution >= 4 is 10.8 Å². The molecule has 8 aromatic rings. The minimum atomic E-state index is 0.679. The van der Waals surface area contributed by atoms with Crippen molar-refractivity contribution in [1.82, 2.24) is 9.97 Å². The summed E-state index contributed by atoms with van der Waals surface area (Å²) in [6.45, 7) is 0. The predicted molar refractivity (Wildman–Crippen MR) is 197 cm³/mol. The number of nitrogens with zero attached hydrogens (tertiary/aromatic N) is 3. The highest BCUT2D eigenvalue weighted by molar-refractivity contribution is 6.05. The van der Waals surface area contributed by atoms with E-state index in [1.165, 1.54) is 21.9 Å². The molecule has 0 fully saturated rings. The van der Waals surface area contributed by atoms with Gasteiger partial charge in [0.05, 0.1) is 23.0 Å². The van der Waals surface area contributed by atoms with Gasteiger partial charge in [-0.05, 0) is 56.3 Å². The van der Waals surface area contributed by atoms with Crippen LogP contribution in [0.25, 0.3) is 78.1 Å². The third-order valence-corrected chi connectivity index (χ3v) is 8.80. The number of aromatic nitrogens is 2. The molecule has 48 heavy (non-hydrogen) atoms. The Bertz CT molecular complexity index is 2370. The van der Waals surface area contributed by atoms with Crippen molar-refractivity contribution in [2.75, 3.05) is 0 Å². The molecule has 0 saturated heterocycles. The fourth-order valence-corrected chi connectivity index (χ4v) is 6.35. The number of hydrogen-bond acceptors (Lipinski definition) is 3. The summed E-state index contributed by atoms with van der Waals surface area (Å²) in [6.07, 6.45) is 0. The molecule has 0 spiro atoms. The fraction of sp³-hybridized carbons (Fsp3) is 0. The maximum Gasteiger partial charge on any atom is 0.160 e. The molecule has 1 heterocycles. The summed E-state index contributed by atoms with van der Waals surface area (Å²) in [5, 5.41) is 12.0. The highest BCUT2D eigenvalue weighted by Gasteiger charge is 2.13. The van der Waals surface area contributed by atoms with E-state index in [0.717, 1.165) is 50.3 Å². The van der Waals surface area contributed by atoms with E-state index >= 15 is 0 Å². The van der Waals surface area contributed by atoms with Crippen LogP contribution in [-0.2, 0) is 0 Å². The molecular formula is C45H29N3. The monoisotopic (exact) mass is 611 g/mol. The lowest BCUT2D eigenvalue weighted by Gasteiger charge is -2.13.